The van der Waals surface area contributed by atoms with Crippen LogP contribution in [-0.4, -0.2) is 36.4 Å². The second-order valence-corrected chi connectivity index (χ2v) is 25.0. The number of aliphatic hydroxyl groups excluding tert-OH is 1. The molecule has 0 aromatic carbocycles. The first kappa shape index (κ1) is 82.6. The van der Waals surface area contributed by atoms with Gasteiger partial charge in [-0.2, -0.15) is 0 Å². The van der Waals surface area contributed by atoms with Gasteiger partial charge in [0.2, 0.25) is 0 Å². The minimum absolute atomic E-state index is 0.0710. The number of carbonyl (C=O) groups excluding carboxylic acids is 2. The van der Waals surface area contributed by atoms with Crippen molar-refractivity contribution in [1.29, 1.82) is 0 Å². The second-order valence-electron chi connectivity index (χ2n) is 25.0. The van der Waals surface area contributed by atoms with Gasteiger partial charge in [0.05, 0.1) is 6.61 Å². The van der Waals surface area contributed by atoms with Crippen molar-refractivity contribution in [1.82, 2.24) is 0 Å². The molecule has 1 N–H and O–H groups in total. The molecule has 0 aliphatic heterocycles. The van der Waals surface area contributed by atoms with Crippen molar-refractivity contribution in [3.8, 4) is 0 Å². The van der Waals surface area contributed by atoms with Crippen molar-refractivity contribution in [2.45, 2.75) is 380 Å². The van der Waals surface area contributed by atoms with Crippen molar-refractivity contribution in [3.63, 3.8) is 0 Å². The highest BCUT2D eigenvalue weighted by Crippen LogP contribution is 2.18. The highest BCUT2D eigenvalue weighted by Gasteiger charge is 2.16. The average molecular weight is 1200 g/mol. The van der Waals surface area contributed by atoms with E-state index in [0.717, 1.165) is 96.3 Å². The molecule has 0 bridgehead atoms. The Hall–Kier alpha value is -3.44. The molecule has 0 spiro atoms. The summed E-state index contributed by atoms with van der Waals surface area (Å²) in [5.74, 6) is -0.590. The molecule has 86 heavy (non-hydrogen) atoms. The number of aliphatic hydroxyl groups is 1. The van der Waals surface area contributed by atoms with Gasteiger partial charge in [0.25, 0.3) is 0 Å². The fourth-order valence-corrected chi connectivity index (χ4v) is 11.0. The minimum atomic E-state index is -0.784. The Labute approximate surface area is 535 Å². The molecular formula is C81H142O5. The van der Waals surface area contributed by atoms with Gasteiger partial charge in [-0.05, 0) is 103 Å². The molecule has 0 saturated heterocycles. The summed E-state index contributed by atoms with van der Waals surface area (Å²) in [5.41, 5.74) is 0. The van der Waals surface area contributed by atoms with Gasteiger partial charge >= 0.3 is 11.9 Å². The predicted molar refractivity (Wildman–Crippen MR) is 380 cm³/mol. The van der Waals surface area contributed by atoms with E-state index >= 15 is 0 Å². The van der Waals surface area contributed by atoms with Gasteiger partial charge < -0.3 is 14.6 Å². The largest absolute Gasteiger partial charge is 0.462 e. The summed E-state index contributed by atoms with van der Waals surface area (Å²) >= 11 is 0. The van der Waals surface area contributed by atoms with E-state index < -0.39 is 6.10 Å². The fraction of sp³-hybridized carbons (Fsp3) is 0.753. The number of ether oxygens (including phenoxy) is 2. The zero-order valence-corrected chi connectivity index (χ0v) is 57.1. The standard InChI is InChI=1S/C81H142O5/c1-3-5-7-9-11-13-15-17-19-21-23-25-27-29-31-33-35-37-38-39-40-41-42-44-45-47-49-51-53-55-57-59-61-63-65-67-69-71-73-75-80(83)85-78-79(77-82)86-81(84)76-74-72-70-68-66-64-62-60-58-56-54-52-50-48-46-43-36-34-32-30-28-26-24-22-20-18-16-14-12-10-8-6-4-2/h6,8,12,14,18,20-21,23-24,26,30,32,36,43,48,50,54,56,79,82H,3-5,7,9-11,13,15-17,19,22,25,27-29,31,33-35,37-42,44-47,49,51-53,55,57-78H2,1-2H3/b8-6-,14-12-,20-18-,23-21-,26-24-,32-30-,43-36-,50-48-,56-54-. The van der Waals surface area contributed by atoms with Crippen LogP contribution in [0.15, 0.2) is 109 Å². The fourth-order valence-electron chi connectivity index (χ4n) is 11.0. The summed E-state index contributed by atoms with van der Waals surface area (Å²) in [4.78, 5) is 24.7. The first-order valence-electron chi connectivity index (χ1n) is 37.4. The highest BCUT2D eigenvalue weighted by molar-refractivity contribution is 5.70. The van der Waals surface area contributed by atoms with E-state index in [0.29, 0.717) is 12.8 Å². The molecule has 0 aliphatic rings. The molecule has 0 saturated carbocycles. The Morgan fingerprint density at radius 3 is 0.767 bits per heavy atom. The third kappa shape index (κ3) is 73.0. The Balaban J connectivity index is 3.45. The Kier molecular flexibility index (Phi) is 72.8. The maximum absolute atomic E-state index is 12.4. The van der Waals surface area contributed by atoms with Crippen LogP contribution in [0.4, 0.5) is 0 Å². The molecule has 0 rings (SSSR count). The lowest BCUT2D eigenvalue weighted by molar-refractivity contribution is -0.161. The summed E-state index contributed by atoms with van der Waals surface area (Å²) < 4.78 is 10.8. The Morgan fingerprint density at radius 2 is 0.500 bits per heavy atom. The molecule has 0 aliphatic carbocycles. The molecule has 0 heterocycles. The number of allylic oxidation sites excluding steroid dienone is 18. The second kappa shape index (κ2) is 75.8. The van der Waals surface area contributed by atoms with Gasteiger partial charge in [-0.1, -0.05) is 367 Å². The van der Waals surface area contributed by atoms with Crippen LogP contribution in [0.5, 0.6) is 0 Å². The molecule has 0 aromatic rings. The normalized spacial score (nSPS) is 12.8. The molecule has 0 aromatic heterocycles. The van der Waals surface area contributed by atoms with Crippen LogP contribution in [-0.2, 0) is 19.1 Å². The quantitative estimate of drug-likeness (QED) is 0.0373. The van der Waals surface area contributed by atoms with Crippen molar-refractivity contribution >= 4 is 11.9 Å². The van der Waals surface area contributed by atoms with E-state index in [9.17, 15) is 14.7 Å². The molecule has 0 amide bonds. The maximum atomic E-state index is 12.4. The minimum Gasteiger partial charge on any atom is -0.462 e. The van der Waals surface area contributed by atoms with E-state index in [2.05, 4.69) is 123 Å². The molecule has 1 atom stereocenters. The van der Waals surface area contributed by atoms with Crippen molar-refractivity contribution in [2.24, 2.45) is 0 Å². The van der Waals surface area contributed by atoms with Crippen LogP contribution in [0.3, 0.4) is 0 Å². The van der Waals surface area contributed by atoms with Gasteiger partial charge in [0.1, 0.15) is 6.61 Å². The van der Waals surface area contributed by atoms with Crippen LogP contribution < -0.4 is 0 Å². The number of esters is 2. The highest BCUT2D eigenvalue weighted by atomic mass is 16.6. The van der Waals surface area contributed by atoms with Crippen LogP contribution >= 0.6 is 0 Å². The third-order valence-electron chi connectivity index (χ3n) is 16.6. The monoisotopic (exact) mass is 1200 g/mol. The van der Waals surface area contributed by atoms with Gasteiger partial charge in [-0.25, -0.2) is 0 Å². The Morgan fingerprint density at radius 1 is 0.279 bits per heavy atom. The Bertz CT molecular complexity index is 1640. The lowest BCUT2D eigenvalue weighted by atomic mass is 10.0. The van der Waals surface area contributed by atoms with E-state index in [4.69, 9.17) is 9.47 Å². The number of carbonyl (C=O) groups is 2. The van der Waals surface area contributed by atoms with Crippen molar-refractivity contribution in [3.05, 3.63) is 109 Å². The molecule has 0 fully saturated rings. The number of hydrogen-bond acceptors (Lipinski definition) is 5. The van der Waals surface area contributed by atoms with Gasteiger partial charge in [-0.3, -0.25) is 9.59 Å². The summed E-state index contributed by atoms with van der Waals surface area (Å²) in [5, 5.41) is 9.71. The molecule has 1 unspecified atom stereocenters. The summed E-state index contributed by atoms with van der Waals surface area (Å²) in [6.45, 7) is 4.06. The van der Waals surface area contributed by atoms with Crippen LogP contribution in [0.1, 0.15) is 373 Å². The van der Waals surface area contributed by atoms with E-state index in [1.165, 1.54) is 250 Å². The van der Waals surface area contributed by atoms with Crippen molar-refractivity contribution in [2.75, 3.05) is 13.2 Å². The first-order chi connectivity index (χ1) is 42.6. The SMILES string of the molecule is CC/C=C\C/C=C\C/C=C\C/C=C\C/C=C\C/C=C\C/C=C\C/C=C\CCCCCCCCCCC(=O)OC(CO)COC(=O)CCCCCCCCCCCCCCCCCCCCCCCCCCCCC/C=C\CCCCCCCCCC. The lowest BCUT2D eigenvalue weighted by Gasteiger charge is -2.15. The van der Waals surface area contributed by atoms with Crippen molar-refractivity contribution < 1.29 is 24.2 Å². The summed E-state index contributed by atoms with van der Waals surface area (Å²) in [6.07, 6.45) is 110. The molecule has 5 nitrogen and oxygen atoms in total. The number of rotatable bonds is 69. The van der Waals surface area contributed by atoms with E-state index in [-0.39, 0.29) is 25.2 Å². The summed E-state index contributed by atoms with van der Waals surface area (Å²) in [7, 11) is 0. The van der Waals surface area contributed by atoms with E-state index in [1.807, 2.05) is 0 Å². The molecule has 496 valence electrons. The number of hydrogen-bond donors (Lipinski definition) is 1. The lowest BCUT2D eigenvalue weighted by Crippen LogP contribution is -2.28. The number of unbranched alkanes of at least 4 members (excludes halogenated alkanes) is 43. The topological polar surface area (TPSA) is 72.8 Å². The van der Waals surface area contributed by atoms with Crippen LogP contribution in [0, 0.1) is 0 Å². The van der Waals surface area contributed by atoms with Crippen LogP contribution in [0.25, 0.3) is 0 Å². The molecule has 5 heteroatoms. The van der Waals surface area contributed by atoms with Gasteiger partial charge in [0.15, 0.2) is 6.10 Å². The zero-order valence-electron chi connectivity index (χ0n) is 57.1. The van der Waals surface area contributed by atoms with Gasteiger partial charge in [0, 0.05) is 12.8 Å². The zero-order chi connectivity index (χ0) is 61.9. The molecule has 0 radical (unpaired) electrons. The third-order valence-corrected chi connectivity index (χ3v) is 16.6. The summed E-state index contributed by atoms with van der Waals surface area (Å²) in [6, 6.07) is 0. The van der Waals surface area contributed by atoms with E-state index in [1.54, 1.807) is 0 Å². The average Bonchev–Trinajstić information content (AvgIpc) is 3.55. The maximum Gasteiger partial charge on any atom is 0.306 e. The smallest absolute Gasteiger partial charge is 0.306 e. The predicted octanol–water partition coefficient (Wildman–Crippen LogP) is 26.3. The van der Waals surface area contributed by atoms with Gasteiger partial charge in [-0.15, -0.1) is 0 Å². The first-order valence-corrected chi connectivity index (χ1v) is 37.4. The van der Waals surface area contributed by atoms with Crippen LogP contribution in [0.2, 0.25) is 0 Å². The molecular weight excluding hydrogens is 1050 g/mol.